The van der Waals surface area contributed by atoms with Crippen molar-refractivity contribution in [3.8, 4) is 6.07 Å². The molecule has 0 heterocycles. The normalized spacial score (nSPS) is 12.8. The van der Waals surface area contributed by atoms with Crippen LogP contribution in [0.1, 0.15) is 22.3 Å². The topological polar surface area (TPSA) is 127 Å². The number of hydrogen-bond acceptors (Lipinski definition) is 7. The molecule has 28 heavy (non-hydrogen) atoms. The highest BCUT2D eigenvalue weighted by atomic mass is 16.7. The average molecular weight is 394 g/mol. The van der Waals surface area contributed by atoms with Gasteiger partial charge < -0.3 is 29.4 Å². The molecule has 0 aromatic heterocycles. The number of nitrogens with one attached hydrogen (secondary N) is 1. The molecule has 1 amide bonds. The molecule has 1 aromatic carbocycles. The molecule has 0 radical (unpaired) electrons. The molecule has 0 aliphatic heterocycles. The van der Waals surface area contributed by atoms with Gasteiger partial charge in [-0.3, -0.25) is 9.59 Å². The first-order chi connectivity index (χ1) is 13.5. The predicted octanol–water partition coefficient (Wildman–Crippen LogP) is 1.03. The molecule has 9 heteroatoms. The molecule has 0 aliphatic rings. The fraction of sp³-hybridized carbons (Fsp3) is 0.526. The van der Waals surface area contributed by atoms with E-state index in [4.69, 9.17) is 24.2 Å². The van der Waals surface area contributed by atoms with Gasteiger partial charge >= 0.3 is 5.97 Å². The van der Waals surface area contributed by atoms with Gasteiger partial charge in [0, 0.05) is 19.8 Å². The second-order valence-corrected chi connectivity index (χ2v) is 5.98. The molecule has 0 saturated heterocycles. The lowest BCUT2D eigenvalue weighted by molar-refractivity contribution is -0.144. The summed E-state index contributed by atoms with van der Waals surface area (Å²) >= 11 is 0. The van der Waals surface area contributed by atoms with Crippen LogP contribution in [0.15, 0.2) is 24.3 Å². The third kappa shape index (κ3) is 8.92. The molecule has 1 aromatic rings. The van der Waals surface area contributed by atoms with E-state index < -0.39 is 17.9 Å². The summed E-state index contributed by atoms with van der Waals surface area (Å²) in [5.41, 5.74) is 0.801. The second-order valence-electron chi connectivity index (χ2n) is 5.98. The number of methoxy groups -OCH3 is 2. The van der Waals surface area contributed by atoms with Crippen LogP contribution in [0.25, 0.3) is 0 Å². The fourth-order valence-corrected chi connectivity index (χ4v) is 2.37. The lowest BCUT2D eigenvalue weighted by atomic mass is 10.0. The van der Waals surface area contributed by atoms with Gasteiger partial charge in [0.1, 0.15) is 6.79 Å². The highest BCUT2D eigenvalue weighted by Gasteiger charge is 2.24. The number of carboxylic acids is 1. The molecular weight excluding hydrogens is 368 g/mol. The van der Waals surface area contributed by atoms with Gasteiger partial charge in [0.05, 0.1) is 50.0 Å². The smallest absolute Gasteiger partial charge is 0.308 e. The van der Waals surface area contributed by atoms with Crippen molar-refractivity contribution in [3.63, 3.8) is 0 Å². The fourth-order valence-electron chi connectivity index (χ4n) is 2.37. The number of hydrogen-bond donors (Lipinski definition) is 2. The zero-order valence-corrected chi connectivity index (χ0v) is 16.1. The van der Waals surface area contributed by atoms with E-state index >= 15 is 0 Å². The first-order valence-electron chi connectivity index (χ1n) is 8.69. The van der Waals surface area contributed by atoms with Gasteiger partial charge in [-0.25, -0.2) is 0 Å². The highest BCUT2D eigenvalue weighted by Crippen LogP contribution is 2.11. The van der Waals surface area contributed by atoms with Crippen LogP contribution in [0.2, 0.25) is 0 Å². The Balaban J connectivity index is 2.70. The molecule has 0 bridgehead atoms. The third-order valence-electron chi connectivity index (χ3n) is 3.82. The Morgan fingerprint density at radius 3 is 2.39 bits per heavy atom. The van der Waals surface area contributed by atoms with E-state index in [1.807, 2.05) is 6.07 Å². The van der Waals surface area contributed by atoms with Gasteiger partial charge in [-0.2, -0.15) is 5.26 Å². The maximum atomic E-state index is 12.5. The summed E-state index contributed by atoms with van der Waals surface area (Å²) in [4.78, 5) is 23.9. The highest BCUT2D eigenvalue weighted by molar-refractivity contribution is 5.94. The quantitative estimate of drug-likeness (QED) is 0.354. The summed E-state index contributed by atoms with van der Waals surface area (Å²) in [7, 11) is 2.97. The summed E-state index contributed by atoms with van der Waals surface area (Å²) in [6.07, 6.45) is 0.128. The van der Waals surface area contributed by atoms with Gasteiger partial charge in [0.15, 0.2) is 0 Å². The van der Waals surface area contributed by atoms with Crippen molar-refractivity contribution in [2.45, 2.75) is 12.5 Å². The predicted molar refractivity (Wildman–Crippen MR) is 98.7 cm³/mol. The first kappa shape index (κ1) is 23.5. The molecule has 2 atom stereocenters. The Morgan fingerprint density at radius 1 is 1.11 bits per heavy atom. The molecule has 0 aliphatic carbocycles. The Bertz CT molecular complexity index is 643. The van der Waals surface area contributed by atoms with Gasteiger partial charge in [-0.1, -0.05) is 0 Å². The number of amides is 1. The largest absolute Gasteiger partial charge is 0.481 e. The van der Waals surface area contributed by atoms with Crippen molar-refractivity contribution in [1.29, 1.82) is 5.26 Å². The maximum Gasteiger partial charge on any atom is 0.308 e. The molecule has 0 saturated carbocycles. The summed E-state index contributed by atoms with van der Waals surface area (Å²) in [6, 6.07) is 7.55. The van der Waals surface area contributed by atoms with Crippen LogP contribution in [0.3, 0.4) is 0 Å². The van der Waals surface area contributed by atoms with Crippen LogP contribution < -0.4 is 5.32 Å². The van der Waals surface area contributed by atoms with Crippen LogP contribution in [-0.2, 0) is 23.7 Å². The zero-order valence-electron chi connectivity index (χ0n) is 16.1. The minimum atomic E-state index is -1.02. The SMILES string of the molecule is COCCOCOC[C@H](C[C@H](COC)C(=O)O)NC(=O)c1ccc(C#N)cc1. The molecule has 9 nitrogen and oxygen atoms in total. The molecule has 2 N–H and O–H groups in total. The zero-order chi connectivity index (χ0) is 20.8. The lowest BCUT2D eigenvalue weighted by Gasteiger charge is -2.22. The number of aliphatic carboxylic acids is 1. The number of benzene rings is 1. The van der Waals surface area contributed by atoms with Gasteiger partial charge in [-0.15, -0.1) is 0 Å². The molecule has 0 fully saturated rings. The minimum absolute atomic E-state index is 0.00534. The van der Waals surface area contributed by atoms with Gasteiger partial charge in [0.25, 0.3) is 5.91 Å². The number of nitrogens with zero attached hydrogens (tertiary/aromatic N) is 1. The third-order valence-corrected chi connectivity index (χ3v) is 3.82. The second kappa shape index (κ2) is 13.6. The van der Waals surface area contributed by atoms with Crippen LogP contribution in [0.5, 0.6) is 0 Å². The van der Waals surface area contributed by atoms with Gasteiger partial charge in [-0.05, 0) is 30.7 Å². The Labute approximate surface area is 164 Å². The maximum absolute atomic E-state index is 12.5. The van der Waals surface area contributed by atoms with Crippen LogP contribution >= 0.6 is 0 Å². The molecule has 0 spiro atoms. The lowest BCUT2D eigenvalue weighted by Crippen LogP contribution is -2.41. The number of rotatable bonds is 14. The van der Waals surface area contributed by atoms with E-state index in [1.54, 1.807) is 7.11 Å². The van der Waals surface area contributed by atoms with Crippen molar-refractivity contribution >= 4 is 11.9 Å². The van der Waals surface area contributed by atoms with Crippen LogP contribution in [-0.4, -0.2) is 70.5 Å². The Hall–Kier alpha value is -2.51. The van der Waals surface area contributed by atoms with E-state index in [-0.39, 0.29) is 32.3 Å². The molecular formula is C19H26N2O7. The van der Waals surface area contributed by atoms with Gasteiger partial charge in [0.2, 0.25) is 0 Å². The van der Waals surface area contributed by atoms with Crippen molar-refractivity contribution < 1.29 is 33.6 Å². The van der Waals surface area contributed by atoms with Crippen molar-refractivity contribution in [1.82, 2.24) is 5.32 Å². The van der Waals surface area contributed by atoms with Crippen LogP contribution in [0.4, 0.5) is 0 Å². The van der Waals surface area contributed by atoms with Crippen molar-refractivity contribution in [2.75, 3.05) is 47.4 Å². The Morgan fingerprint density at radius 2 is 1.82 bits per heavy atom. The number of carbonyl (C=O) groups excluding carboxylic acids is 1. The van der Waals surface area contributed by atoms with E-state index in [9.17, 15) is 14.7 Å². The molecule has 0 unspecified atom stereocenters. The standard InChI is InChI=1S/C19H26N2O7/c1-25-7-8-27-13-28-12-17(9-16(11-26-2)19(23)24)21-18(22)15-5-3-14(10-20)4-6-15/h3-6,16-17H,7-9,11-13H2,1-2H3,(H,21,22)(H,23,24)/t16-,17+/m1/s1. The summed E-state index contributed by atoms with van der Waals surface area (Å²) in [5, 5.41) is 20.9. The summed E-state index contributed by atoms with van der Waals surface area (Å²) in [5.74, 6) is -2.20. The summed E-state index contributed by atoms with van der Waals surface area (Å²) in [6.45, 7) is 0.872. The molecule has 154 valence electrons. The minimum Gasteiger partial charge on any atom is -0.481 e. The van der Waals surface area contributed by atoms with E-state index in [1.165, 1.54) is 31.4 Å². The number of ether oxygens (including phenoxy) is 4. The number of nitriles is 1. The number of carbonyl (C=O) groups is 2. The molecule has 1 rings (SSSR count). The van der Waals surface area contributed by atoms with Crippen molar-refractivity contribution in [2.24, 2.45) is 5.92 Å². The number of carboxylic acid groups (broad SMARTS) is 1. The average Bonchev–Trinajstić information content (AvgIpc) is 2.69. The summed E-state index contributed by atoms with van der Waals surface area (Å²) < 4.78 is 20.4. The monoisotopic (exact) mass is 394 g/mol. The van der Waals surface area contributed by atoms with Crippen LogP contribution in [0, 0.1) is 17.2 Å². The Kier molecular flexibility index (Phi) is 11.5. The van der Waals surface area contributed by atoms with E-state index in [0.717, 1.165) is 0 Å². The first-order valence-corrected chi connectivity index (χ1v) is 8.69. The van der Waals surface area contributed by atoms with E-state index in [2.05, 4.69) is 5.32 Å². The van der Waals surface area contributed by atoms with E-state index in [0.29, 0.717) is 24.3 Å². The van der Waals surface area contributed by atoms with Crippen molar-refractivity contribution in [3.05, 3.63) is 35.4 Å².